The fraction of sp³-hybridized carbons (Fsp3) is 0.533. The van der Waals surface area contributed by atoms with Crippen LogP contribution >= 0.6 is 11.6 Å². The third-order valence-corrected chi connectivity index (χ3v) is 3.95. The van der Waals surface area contributed by atoms with E-state index in [1.165, 1.54) is 0 Å². The molecule has 0 aromatic heterocycles. The number of carbonyl (C=O) groups is 1. The molecule has 1 amide bonds. The van der Waals surface area contributed by atoms with Crippen LogP contribution in [-0.4, -0.2) is 57.3 Å². The molecule has 0 aliphatic carbocycles. The maximum atomic E-state index is 12.2. The van der Waals surface area contributed by atoms with Crippen molar-refractivity contribution in [2.24, 2.45) is 0 Å². The van der Waals surface area contributed by atoms with E-state index in [2.05, 4.69) is 10.2 Å². The van der Waals surface area contributed by atoms with Crippen molar-refractivity contribution in [1.82, 2.24) is 10.2 Å². The van der Waals surface area contributed by atoms with Crippen LogP contribution in [0.5, 0.6) is 5.75 Å². The first-order chi connectivity index (χ1) is 10.1. The van der Waals surface area contributed by atoms with Crippen LogP contribution in [0.3, 0.4) is 0 Å². The van der Waals surface area contributed by atoms with Crippen LogP contribution < -0.4 is 10.1 Å². The minimum Gasteiger partial charge on any atom is -0.496 e. The Morgan fingerprint density at radius 2 is 2.14 bits per heavy atom. The van der Waals surface area contributed by atoms with Crippen LogP contribution in [0.15, 0.2) is 12.1 Å². The highest BCUT2D eigenvalue weighted by atomic mass is 35.5. The number of hydrogen-bond donors (Lipinski definition) is 1. The van der Waals surface area contributed by atoms with Gasteiger partial charge in [-0.05, 0) is 24.6 Å². The van der Waals surface area contributed by atoms with Gasteiger partial charge in [-0.25, -0.2) is 0 Å². The van der Waals surface area contributed by atoms with Gasteiger partial charge in [0.15, 0.2) is 0 Å². The van der Waals surface area contributed by atoms with Crippen molar-refractivity contribution in [2.45, 2.75) is 6.92 Å². The average Bonchev–Trinajstić information content (AvgIpc) is 2.50. The van der Waals surface area contributed by atoms with Crippen LogP contribution in [0.2, 0.25) is 5.02 Å². The summed E-state index contributed by atoms with van der Waals surface area (Å²) in [6.07, 6.45) is 0. The lowest BCUT2D eigenvalue weighted by molar-refractivity contribution is 0.0383. The van der Waals surface area contributed by atoms with Gasteiger partial charge in [0, 0.05) is 31.2 Å². The molecular formula is C15H21ClN2O3. The Labute approximate surface area is 130 Å². The monoisotopic (exact) mass is 312 g/mol. The minimum absolute atomic E-state index is 0.165. The van der Waals surface area contributed by atoms with Gasteiger partial charge in [-0.2, -0.15) is 0 Å². The summed E-state index contributed by atoms with van der Waals surface area (Å²) in [5.41, 5.74) is 1.36. The number of rotatable bonds is 5. The zero-order valence-corrected chi connectivity index (χ0v) is 13.2. The Balaban J connectivity index is 1.92. The highest BCUT2D eigenvalue weighted by Gasteiger charge is 2.15. The van der Waals surface area contributed by atoms with Crippen molar-refractivity contribution in [3.63, 3.8) is 0 Å². The molecule has 21 heavy (non-hydrogen) atoms. The second-order valence-electron chi connectivity index (χ2n) is 5.01. The lowest BCUT2D eigenvalue weighted by Gasteiger charge is -2.26. The first-order valence-electron chi connectivity index (χ1n) is 7.04. The largest absolute Gasteiger partial charge is 0.496 e. The van der Waals surface area contributed by atoms with E-state index >= 15 is 0 Å². The van der Waals surface area contributed by atoms with Crippen molar-refractivity contribution in [1.29, 1.82) is 0 Å². The summed E-state index contributed by atoms with van der Waals surface area (Å²) in [6, 6.07) is 3.43. The quantitative estimate of drug-likeness (QED) is 0.899. The van der Waals surface area contributed by atoms with E-state index in [9.17, 15) is 4.79 Å². The van der Waals surface area contributed by atoms with E-state index in [-0.39, 0.29) is 5.91 Å². The van der Waals surface area contributed by atoms with Crippen molar-refractivity contribution in [2.75, 3.05) is 46.5 Å². The van der Waals surface area contributed by atoms with Crippen molar-refractivity contribution >= 4 is 17.5 Å². The lowest BCUT2D eigenvalue weighted by atomic mass is 10.1. The summed E-state index contributed by atoms with van der Waals surface area (Å²) in [7, 11) is 1.55. The molecule has 0 unspecified atom stereocenters. The third kappa shape index (κ3) is 4.33. The number of aryl methyl sites for hydroxylation is 1. The van der Waals surface area contributed by atoms with E-state index in [0.717, 1.165) is 38.4 Å². The predicted octanol–water partition coefficient (Wildman–Crippen LogP) is 1.72. The maximum absolute atomic E-state index is 12.2. The number of benzene rings is 1. The van der Waals surface area contributed by atoms with Gasteiger partial charge in [-0.1, -0.05) is 11.6 Å². The van der Waals surface area contributed by atoms with Crippen LogP contribution in [0, 0.1) is 6.92 Å². The Morgan fingerprint density at radius 1 is 1.43 bits per heavy atom. The molecule has 1 fully saturated rings. The number of morpholine rings is 1. The smallest absolute Gasteiger partial charge is 0.255 e. The van der Waals surface area contributed by atoms with E-state index in [0.29, 0.717) is 22.9 Å². The van der Waals surface area contributed by atoms with Crippen LogP contribution in [0.1, 0.15) is 15.9 Å². The first-order valence-corrected chi connectivity index (χ1v) is 7.42. The molecule has 1 aliphatic rings. The van der Waals surface area contributed by atoms with Gasteiger partial charge < -0.3 is 14.8 Å². The molecule has 1 aliphatic heterocycles. The molecule has 1 heterocycles. The van der Waals surface area contributed by atoms with Gasteiger partial charge in [0.25, 0.3) is 5.91 Å². The molecule has 116 valence electrons. The number of hydrogen-bond acceptors (Lipinski definition) is 4. The summed E-state index contributed by atoms with van der Waals surface area (Å²) < 4.78 is 10.5. The topological polar surface area (TPSA) is 50.8 Å². The number of methoxy groups -OCH3 is 1. The first kappa shape index (κ1) is 16.1. The third-order valence-electron chi connectivity index (χ3n) is 3.54. The molecule has 5 nitrogen and oxygen atoms in total. The molecule has 0 radical (unpaired) electrons. The molecule has 1 aromatic rings. The molecule has 2 rings (SSSR count). The van der Waals surface area contributed by atoms with Gasteiger partial charge in [0.05, 0.1) is 25.9 Å². The Hall–Kier alpha value is -1.30. The summed E-state index contributed by atoms with van der Waals surface area (Å²) in [4.78, 5) is 14.5. The van der Waals surface area contributed by atoms with Gasteiger partial charge in [0.2, 0.25) is 0 Å². The molecule has 6 heteroatoms. The molecule has 0 saturated carbocycles. The fourth-order valence-corrected chi connectivity index (χ4v) is 2.41. The fourth-order valence-electron chi connectivity index (χ4n) is 2.25. The van der Waals surface area contributed by atoms with E-state index in [4.69, 9.17) is 21.1 Å². The van der Waals surface area contributed by atoms with Crippen LogP contribution in [0.4, 0.5) is 0 Å². The Bertz CT molecular complexity index is 502. The highest BCUT2D eigenvalue weighted by molar-refractivity contribution is 6.31. The number of halogens is 1. The van der Waals surface area contributed by atoms with Crippen molar-refractivity contribution in [3.8, 4) is 5.75 Å². The number of amides is 1. The summed E-state index contributed by atoms with van der Waals surface area (Å²) in [6.45, 7) is 6.63. The zero-order valence-electron chi connectivity index (χ0n) is 12.4. The van der Waals surface area contributed by atoms with Crippen molar-refractivity contribution < 1.29 is 14.3 Å². The Morgan fingerprint density at radius 3 is 2.81 bits per heavy atom. The molecule has 0 atom stereocenters. The molecule has 1 N–H and O–H groups in total. The normalized spacial score (nSPS) is 15.8. The summed E-state index contributed by atoms with van der Waals surface area (Å²) in [5, 5.41) is 3.47. The minimum atomic E-state index is -0.165. The lowest BCUT2D eigenvalue weighted by Crippen LogP contribution is -2.41. The van der Waals surface area contributed by atoms with Gasteiger partial charge in [-0.15, -0.1) is 0 Å². The number of nitrogens with zero attached hydrogens (tertiary/aromatic N) is 1. The molecule has 1 saturated heterocycles. The summed E-state index contributed by atoms with van der Waals surface area (Å²) >= 11 is 6.08. The second-order valence-corrected chi connectivity index (χ2v) is 5.42. The number of ether oxygens (including phenoxy) is 2. The second kappa shape index (κ2) is 7.64. The molecule has 0 spiro atoms. The molecule has 0 bridgehead atoms. The highest BCUT2D eigenvalue weighted by Crippen LogP contribution is 2.26. The van der Waals surface area contributed by atoms with E-state index in [1.807, 2.05) is 6.92 Å². The van der Waals surface area contributed by atoms with Gasteiger partial charge in [0.1, 0.15) is 5.75 Å². The van der Waals surface area contributed by atoms with Crippen LogP contribution in [-0.2, 0) is 4.74 Å². The summed E-state index contributed by atoms with van der Waals surface area (Å²) in [5.74, 6) is 0.378. The molecular weight excluding hydrogens is 292 g/mol. The predicted molar refractivity (Wildman–Crippen MR) is 82.3 cm³/mol. The number of nitrogens with one attached hydrogen (secondary N) is 1. The number of carbonyl (C=O) groups excluding carboxylic acids is 1. The zero-order chi connectivity index (χ0) is 15.2. The van der Waals surface area contributed by atoms with Gasteiger partial charge >= 0.3 is 0 Å². The average molecular weight is 313 g/mol. The van der Waals surface area contributed by atoms with Gasteiger partial charge in [-0.3, -0.25) is 9.69 Å². The van der Waals surface area contributed by atoms with E-state index in [1.54, 1.807) is 19.2 Å². The van der Waals surface area contributed by atoms with Crippen molar-refractivity contribution in [3.05, 3.63) is 28.3 Å². The Kier molecular flexibility index (Phi) is 5.85. The molecule has 1 aromatic carbocycles. The van der Waals surface area contributed by atoms with Crippen LogP contribution in [0.25, 0.3) is 0 Å². The van der Waals surface area contributed by atoms with E-state index < -0.39 is 0 Å². The maximum Gasteiger partial charge on any atom is 0.255 e. The SMILES string of the molecule is COc1cc(C)c(Cl)cc1C(=O)NCCN1CCOCC1. The standard InChI is InChI=1S/C15H21ClN2O3/c1-11-9-14(20-2)12(10-13(11)16)15(19)17-3-4-18-5-7-21-8-6-18/h9-10H,3-8H2,1-2H3,(H,17,19).